The number of carbonyl (C=O) groups is 1. The Morgan fingerprint density at radius 3 is 3.00 bits per heavy atom. The minimum absolute atomic E-state index is 0.369. The van der Waals surface area contributed by atoms with Gasteiger partial charge in [0.25, 0.3) is 0 Å². The normalized spacial score (nSPS) is 16.7. The molecular weight excluding hydrogens is 226 g/mol. The number of carboxylic acid groups (broad SMARTS) is 1. The lowest BCUT2D eigenvalue weighted by Gasteiger charge is -2.31. The molecule has 16 heavy (non-hydrogen) atoms. The molecule has 1 aliphatic heterocycles. The van der Waals surface area contributed by atoms with Crippen molar-refractivity contribution in [1.82, 2.24) is 0 Å². The molecule has 3 nitrogen and oxygen atoms in total. The van der Waals surface area contributed by atoms with E-state index in [0.29, 0.717) is 6.54 Å². The summed E-state index contributed by atoms with van der Waals surface area (Å²) in [7, 11) is 0. The Kier molecular flexibility index (Phi) is 3.34. The number of hydrogen-bond acceptors (Lipinski definition) is 2. The summed E-state index contributed by atoms with van der Waals surface area (Å²) >= 11 is 5.77. The van der Waals surface area contributed by atoms with Crippen LogP contribution in [0.4, 0.5) is 5.69 Å². The predicted molar refractivity (Wildman–Crippen MR) is 64.3 cm³/mol. The third-order valence-electron chi connectivity index (χ3n) is 2.86. The molecular formula is C12H14ClNO2. The number of fused-ring (bicyclic) bond motifs is 1. The Morgan fingerprint density at radius 2 is 2.25 bits per heavy atom. The minimum atomic E-state index is -0.954. The lowest BCUT2D eigenvalue weighted by Crippen LogP contribution is -2.37. The Morgan fingerprint density at radius 1 is 1.50 bits per heavy atom. The number of alkyl halides is 1. The van der Waals surface area contributed by atoms with Crippen molar-refractivity contribution < 1.29 is 9.90 Å². The molecule has 0 aliphatic carbocycles. The highest BCUT2D eigenvalue weighted by atomic mass is 35.5. The number of halogens is 1. The molecule has 86 valence electrons. The Bertz CT molecular complexity index is 394. The highest BCUT2D eigenvalue weighted by Gasteiger charge is 2.22. The van der Waals surface area contributed by atoms with Crippen LogP contribution in [0, 0.1) is 0 Å². The van der Waals surface area contributed by atoms with Crippen molar-refractivity contribution in [2.75, 3.05) is 18.0 Å². The maximum atomic E-state index is 10.7. The van der Waals surface area contributed by atoms with E-state index in [1.165, 1.54) is 5.56 Å². The van der Waals surface area contributed by atoms with Gasteiger partial charge in [0.05, 0.1) is 0 Å². The van der Waals surface area contributed by atoms with Gasteiger partial charge in [-0.1, -0.05) is 18.2 Å². The zero-order chi connectivity index (χ0) is 11.5. The molecule has 4 heteroatoms. The third-order valence-corrected chi connectivity index (χ3v) is 3.18. The van der Waals surface area contributed by atoms with Crippen LogP contribution in [0.3, 0.4) is 0 Å². The molecule has 0 aromatic heterocycles. The largest absolute Gasteiger partial charge is 0.480 e. The van der Waals surface area contributed by atoms with Gasteiger partial charge in [0, 0.05) is 18.8 Å². The maximum Gasteiger partial charge on any atom is 0.323 e. The van der Waals surface area contributed by atoms with E-state index in [-0.39, 0.29) is 0 Å². The van der Waals surface area contributed by atoms with E-state index in [1.54, 1.807) is 0 Å². The van der Waals surface area contributed by atoms with Crippen LogP contribution in [0.15, 0.2) is 24.3 Å². The van der Waals surface area contributed by atoms with Gasteiger partial charge in [0.2, 0.25) is 0 Å². The summed E-state index contributed by atoms with van der Waals surface area (Å²) in [5.74, 6) is -0.954. The summed E-state index contributed by atoms with van der Waals surface area (Å²) in [4.78, 5) is 12.8. The summed E-state index contributed by atoms with van der Waals surface area (Å²) in [6, 6.07) is 8.10. The number of nitrogens with zero attached hydrogens (tertiary/aromatic N) is 1. The fraction of sp³-hybridized carbons (Fsp3) is 0.417. The fourth-order valence-corrected chi connectivity index (χ4v) is 2.24. The van der Waals surface area contributed by atoms with Gasteiger partial charge in [-0.25, -0.2) is 0 Å². The summed E-state index contributed by atoms with van der Waals surface area (Å²) < 4.78 is 0. The lowest BCUT2D eigenvalue weighted by molar-refractivity contribution is -0.136. The molecule has 1 unspecified atom stereocenters. The summed E-state index contributed by atoms with van der Waals surface area (Å²) in [6.45, 7) is 1.25. The number of hydrogen-bond donors (Lipinski definition) is 1. The van der Waals surface area contributed by atoms with E-state index < -0.39 is 11.3 Å². The Labute approximate surface area is 99.6 Å². The molecule has 0 saturated carbocycles. The number of para-hydroxylation sites is 1. The molecule has 0 saturated heterocycles. The van der Waals surface area contributed by atoms with Gasteiger partial charge in [-0.3, -0.25) is 4.79 Å². The fourth-order valence-electron chi connectivity index (χ4n) is 2.07. The van der Waals surface area contributed by atoms with E-state index in [2.05, 4.69) is 11.0 Å². The second-order valence-electron chi connectivity index (χ2n) is 3.98. The zero-order valence-corrected chi connectivity index (χ0v) is 9.65. The Hall–Kier alpha value is -1.22. The van der Waals surface area contributed by atoms with Crippen molar-refractivity contribution in [2.24, 2.45) is 0 Å². The first-order valence-electron chi connectivity index (χ1n) is 5.38. The van der Waals surface area contributed by atoms with E-state index in [4.69, 9.17) is 16.7 Å². The number of benzene rings is 1. The molecule has 1 aromatic carbocycles. The molecule has 0 bridgehead atoms. The van der Waals surface area contributed by atoms with E-state index in [9.17, 15) is 4.79 Å². The van der Waals surface area contributed by atoms with Crippen molar-refractivity contribution in [3.63, 3.8) is 0 Å². The lowest BCUT2D eigenvalue weighted by atomic mass is 10.0. The first-order chi connectivity index (χ1) is 7.68. The Balaban J connectivity index is 2.16. The van der Waals surface area contributed by atoms with Crippen LogP contribution >= 0.6 is 11.6 Å². The number of aliphatic carboxylic acids is 1. The topological polar surface area (TPSA) is 40.5 Å². The van der Waals surface area contributed by atoms with Crippen LogP contribution in [0.25, 0.3) is 0 Å². The average Bonchev–Trinajstić information content (AvgIpc) is 2.29. The van der Waals surface area contributed by atoms with Crippen molar-refractivity contribution in [1.29, 1.82) is 0 Å². The van der Waals surface area contributed by atoms with Crippen LogP contribution in [0.1, 0.15) is 12.0 Å². The van der Waals surface area contributed by atoms with Crippen LogP contribution in [-0.2, 0) is 11.2 Å². The van der Waals surface area contributed by atoms with Gasteiger partial charge in [0.1, 0.15) is 5.38 Å². The van der Waals surface area contributed by atoms with Gasteiger partial charge in [-0.2, -0.15) is 0 Å². The van der Waals surface area contributed by atoms with Crippen LogP contribution < -0.4 is 4.90 Å². The van der Waals surface area contributed by atoms with Gasteiger partial charge in [-0.15, -0.1) is 11.6 Å². The van der Waals surface area contributed by atoms with E-state index in [1.807, 2.05) is 18.2 Å². The van der Waals surface area contributed by atoms with Crippen molar-refractivity contribution in [2.45, 2.75) is 18.2 Å². The second kappa shape index (κ2) is 4.74. The van der Waals surface area contributed by atoms with Crippen LogP contribution in [0.5, 0.6) is 0 Å². The van der Waals surface area contributed by atoms with Crippen molar-refractivity contribution in [3.05, 3.63) is 29.8 Å². The molecule has 1 N–H and O–H groups in total. The predicted octanol–water partition coefficient (Wildman–Crippen LogP) is 2.13. The van der Waals surface area contributed by atoms with Gasteiger partial charge in [0.15, 0.2) is 0 Å². The first-order valence-corrected chi connectivity index (χ1v) is 5.82. The molecule has 1 aromatic rings. The summed E-state index contributed by atoms with van der Waals surface area (Å²) in [6.07, 6.45) is 2.12. The second-order valence-corrected chi connectivity index (χ2v) is 4.51. The maximum absolute atomic E-state index is 10.7. The van der Waals surface area contributed by atoms with Gasteiger partial charge in [-0.05, 0) is 24.5 Å². The molecule has 1 aliphatic rings. The van der Waals surface area contributed by atoms with E-state index in [0.717, 1.165) is 25.1 Å². The average molecular weight is 240 g/mol. The highest BCUT2D eigenvalue weighted by Crippen LogP contribution is 2.27. The third kappa shape index (κ3) is 2.30. The van der Waals surface area contributed by atoms with Crippen molar-refractivity contribution in [3.8, 4) is 0 Å². The standard InChI is InChI=1S/C12H14ClNO2/c13-10(12(15)16)8-14-7-3-5-9-4-1-2-6-11(9)14/h1-2,4,6,10H,3,5,7-8H2,(H,15,16). The zero-order valence-electron chi connectivity index (χ0n) is 8.90. The first kappa shape index (κ1) is 11.3. The number of rotatable bonds is 3. The summed E-state index contributed by atoms with van der Waals surface area (Å²) in [5, 5.41) is 7.96. The smallest absolute Gasteiger partial charge is 0.323 e. The highest BCUT2D eigenvalue weighted by molar-refractivity contribution is 6.30. The SMILES string of the molecule is O=C(O)C(Cl)CN1CCCc2ccccc21. The molecule has 2 rings (SSSR count). The van der Waals surface area contributed by atoms with Crippen LogP contribution in [-0.4, -0.2) is 29.5 Å². The number of anilines is 1. The van der Waals surface area contributed by atoms with E-state index >= 15 is 0 Å². The monoisotopic (exact) mass is 239 g/mol. The number of aryl methyl sites for hydroxylation is 1. The molecule has 0 spiro atoms. The molecule has 0 fully saturated rings. The van der Waals surface area contributed by atoms with Gasteiger partial charge < -0.3 is 10.0 Å². The summed E-state index contributed by atoms with van der Waals surface area (Å²) in [5.41, 5.74) is 2.41. The molecule has 1 atom stereocenters. The quantitative estimate of drug-likeness (QED) is 0.822. The van der Waals surface area contributed by atoms with Crippen LogP contribution in [0.2, 0.25) is 0 Å². The number of carboxylic acids is 1. The minimum Gasteiger partial charge on any atom is -0.480 e. The molecule has 0 amide bonds. The molecule has 0 radical (unpaired) electrons. The molecule has 1 heterocycles. The van der Waals surface area contributed by atoms with Crippen molar-refractivity contribution >= 4 is 23.3 Å². The van der Waals surface area contributed by atoms with Gasteiger partial charge >= 0.3 is 5.97 Å².